The van der Waals surface area contributed by atoms with E-state index in [2.05, 4.69) is 40.3 Å². The zero-order valence-electron chi connectivity index (χ0n) is 13.0. The number of ether oxygens (including phenoxy) is 1. The van der Waals surface area contributed by atoms with Gasteiger partial charge in [0.2, 0.25) is 0 Å². The average Bonchev–Trinajstić information content (AvgIpc) is 2.91. The van der Waals surface area contributed by atoms with Crippen LogP contribution in [-0.4, -0.2) is 23.8 Å². The average molecular weight is 286 g/mol. The molecule has 1 fully saturated rings. The molecule has 0 bridgehead atoms. The monoisotopic (exact) mass is 286 g/mol. The first kappa shape index (κ1) is 14.5. The first-order valence-electron chi connectivity index (χ1n) is 8.32. The van der Waals surface area contributed by atoms with Gasteiger partial charge in [0.15, 0.2) is 0 Å². The molecule has 0 aliphatic heterocycles. The number of fused-ring (bicyclic) bond motifs is 1. The van der Waals surface area contributed by atoms with Crippen LogP contribution in [0.3, 0.4) is 0 Å². The predicted octanol–water partition coefficient (Wildman–Crippen LogP) is 3.96. The first-order chi connectivity index (χ1) is 10.4. The fourth-order valence-corrected chi connectivity index (χ4v) is 3.33. The van der Waals surface area contributed by atoms with Crippen molar-refractivity contribution < 1.29 is 4.74 Å². The van der Waals surface area contributed by atoms with Crippen molar-refractivity contribution in [3.63, 3.8) is 0 Å². The summed E-state index contributed by atoms with van der Waals surface area (Å²) < 4.78 is 7.90. The molecule has 0 spiro atoms. The van der Waals surface area contributed by atoms with Crippen molar-refractivity contribution in [3.05, 3.63) is 30.5 Å². The molecule has 1 N–H and O–H groups in total. The quantitative estimate of drug-likeness (QED) is 0.870. The van der Waals surface area contributed by atoms with Crippen LogP contribution in [0.1, 0.15) is 39.0 Å². The number of hydrogen-bond donors (Lipinski definition) is 1. The molecule has 1 aliphatic rings. The first-order valence-corrected chi connectivity index (χ1v) is 8.32. The second kappa shape index (κ2) is 6.99. The molecule has 1 heterocycles. The summed E-state index contributed by atoms with van der Waals surface area (Å²) >= 11 is 0. The Kier molecular flexibility index (Phi) is 4.81. The standard InChI is InChI=1S/C18H26N2O/c1-2-21-17-8-9-18-15(14-17)10-12-20(18)13-11-19-16-6-4-3-5-7-16/h8-10,12,14,16,19H,2-7,11,13H2,1H3. The van der Waals surface area contributed by atoms with Gasteiger partial charge < -0.3 is 14.6 Å². The van der Waals surface area contributed by atoms with E-state index in [1.54, 1.807) is 0 Å². The maximum absolute atomic E-state index is 5.56. The van der Waals surface area contributed by atoms with Crippen LogP contribution in [0.25, 0.3) is 10.9 Å². The summed E-state index contributed by atoms with van der Waals surface area (Å²) in [6, 6.07) is 9.28. The van der Waals surface area contributed by atoms with E-state index in [-0.39, 0.29) is 0 Å². The van der Waals surface area contributed by atoms with Gasteiger partial charge in [0.1, 0.15) is 5.75 Å². The lowest BCUT2D eigenvalue weighted by Crippen LogP contribution is -2.33. The fraction of sp³-hybridized carbons (Fsp3) is 0.556. The van der Waals surface area contributed by atoms with Gasteiger partial charge in [-0.3, -0.25) is 0 Å². The third-order valence-corrected chi connectivity index (χ3v) is 4.44. The molecule has 2 aromatic rings. The molecule has 3 heteroatoms. The minimum absolute atomic E-state index is 0.720. The second-order valence-electron chi connectivity index (χ2n) is 5.95. The summed E-state index contributed by atoms with van der Waals surface area (Å²) in [5, 5.41) is 4.97. The van der Waals surface area contributed by atoms with E-state index in [1.807, 2.05) is 6.92 Å². The summed E-state index contributed by atoms with van der Waals surface area (Å²) in [7, 11) is 0. The van der Waals surface area contributed by atoms with Crippen LogP contribution in [0, 0.1) is 0 Å². The highest BCUT2D eigenvalue weighted by atomic mass is 16.5. The molecular weight excluding hydrogens is 260 g/mol. The number of hydrogen-bond acceptors (Lipinski definition) is 2. The Balaban J connectivity index is 1.59. The molecule has 0 radical (unpaired) electrons. The van der Waals surface area contributed by atoms with Crippen LogP contribution < -0.4 is 10.1 Å². The third kappa shape index (κ3) is 3.59. The van der Waals surface area contributed by atoms with Crippen LogP contribution in [-0.2, 0) is 6.54 Å². The van der Waals surface area contributed by atoms with Crippen molar-refractivity contribution in [3.8, 4) is 5.75 Å². The number of rotatable bonds is 6. The number of aromatic nitrogens is 1. The Bertz CT molecular complexity index is 570. The topological polar surface area (TPSA) is 26.2 Å². The molecule has 0 unspecified atom stereocenters. The highest BCUT2D eigenvalue weighted by Gasteiger charge is 2.12. The lowest BCUT2D eigenvalue weighted by molar-refractivity contribution is 0.340. The van der Waals surface area contributed by atoms with Gasteiger partial charge in [-0.15, -0.1) is 0 Å². The highest BCUT2D eigenvalue weighted by molar-refractivity contribution is 5.81. The van der Waals surface area contributed by atoms with Gasteiger partial charge >= 0.3 is 0 Å². The van der Waals surface area contributed by atoms with Gasteiger partial charge in [-0.2, -0.15) is 0 Å². The SMILES string of the molecule is CCOc1ccc2c(ccn2CCNC2CCCCC2)c1. The van der Waals surface area contributed by atoms with E-state index in [0.717, 1.165) is 31.5 Å². The van der Waals surface area contributed by atoms with Crippen molar-refractivity contribution >= 4 is 10.9 Å². The molecule has 21 heavy (non-hydrogen) atoms. The second-order valence-corrected chi connectivity index (χ2v) is 5.95. The normalized spacial score (nSPS) is 16.4. The predicted molar refractivity (Wildman–Crippen MR) is 88.0 cm³/mol. The summed E-state index contributed by atoms with van der Waals surface area (Å²) in [5.41, 5.74) is 1.30. The maximum atomic E-state index is 5.56. The zero-order valence-corrected chi connectivity index (χ0v) is 13.0. The van der Waals surface area contributed by atoms with Crippen LogP contribution in [0.5, 0.6) is 5.75 Å². The van der Waals surface area contributed by atoms with Gasteiger partial charge in [0.05, 0.1) is 6.61 Å². The lowest BCUT2D eigenvalue weighted by atomic mass is 9.95. The van der Waals surface area contributed by atoms with E-state index < -0.39 is 0 Å². The van der Waals surface area contributed by atoms with Gasteiger partial charge in [0.25, 0.3) is 0 Å². The Morgan fingerprint density at radius 1 is 1.19 bits per heavy atom. The maximum Gasteiger partial charge on any atom is 0.120 e. The van der Waals surface area contributed by atoms with Crippen LogP contribution in [0.15, 0.2) is 30.5 Å². The molecular formula is C18H26N2O. The third-order valence-electron chi connectivity index (χ3n) is 4.44. The molecule has 0 atom stereocenters. The van der Waals surface area contributed by atoms with Crippen LogP contribution in [0.4, 0.5) is 0 Å². The van der Waals surface area contributed by atoms with Gasteiger partial charge in [-0.25, -0.2) is 0 Å². The van der Waals surface area contributed by atoms with Crippen LogP contribution >= 0.6 is 0 Å². The van der Waals surface area contributed by atoms with E-state index in [4.69, 9.17) is 4.74 Å². The van der Waals surface area contributed by atoms with Gasteiger partial charge in [-0.05, 0) is 44.0 Å². The van der Waals surface area contributed by atoms with Crippen molar-refractivity contribution in [1.82, 2.24) is 9.88 Å². The number of nitrogens with zero attached hydrogens (tertiary/aromatic N) is 1. The van der Waals surface area contributed by atoms with E-state index in [1.165, 1.54) is 43.0 Å². The van der Waals surface area contributed by atoms with Crippen molar-refractivity contribution in [1.29, 1.82) is 0 Å². The largest absolute Gasteiger partial charge is 0.494 e. The lowest BCUT2D eigenvalue weighted by Gasteiger charge is -2.23. The van der Waals surface area contributed by atoms with Crippen molar-refractivity contribution in [2.45, 2.75) is 51.6 Å². The molecule has 3 rings (SSSR count). The number of nitrogens with one attached hydrogen (secondary N) is 1. The fourth-order valence-electron chi connectivity index (χ4n) is 3.33. The zero-order chi connectivity index (χ0) is 14.5. The van der Waals surface area contributed by atoms with E-state index in [0.29, 0.717) is 0 Å². The Morgan fingerprint density at radius 3 is 2.86 bits per heavy atom. The molecule has 1 aromatic carbocycles. The molecule has 0 amide bonds. The minimum Gasteiger partial charge on any atom is -0.494 e. The van der Waals surface area contributed by atoms with Gasteiger partial charge in [-0.1, -0.05) is 19.3 Å². The summed E-state index contributed by atoms with van der Waals surface area (Å²) in [6.07, 6.45) is 9.09. The number of benzene rings is 1. The molecule has 1 aliphatic carbocycles. The van der Waals surface area contributed by atoms with Crippen LogP contribution in [0.2, 0.25) is 0 Å². The van der Waals surface area contributed by atoms with E-state index in [9.17, 15) is 0 Å². The summed E-state index contributed by atoms with van der Waals surface area (Å²) in [6.45, 7) is 4.83. The van der Waals surface area contributed by atoms with Gasteiger partial charge in [0, 0.05) is 36.2 Å². The summed E-state index contributed by atoms with van der Waals surface area (Å²) in [5.74, 6) is 0.961. The Hall–Kier alpha value is -1.48. The molecule has 0 saturated heterocycles. The Morgan fingerprint density at radius 2 is 2.05 bits per heavy atom. The van der Waals surface area contributed by atoms with Crippen molar-refractivity contribution in [2.24, 2.45) is 0 Å². The molecule has 3 nitrogen and oxygen atoms in total. The minimum atomic E-state index is 0.720. The van der Waals surface area contributed by atoms with E-state index >= 15 is 0 Å². The molecule has 1 saturated carbocycles. The molecule has 114 valence electrons. The highest BCUT2D eigenvalue weighted by Crippen LogP contribution is 2.22. The van der Waals surface area contributed by atoms with Crippen molar-refractivity contribution in [2.75, 3.05) is 13.2 Å². The molecule has 1 aromatic heterocycles. The Labute approximate surface area is 127 Å². The summed E-state index contributed by atoms with van der Waals surface area (Å²) in [4.78, 5) is 0. The smallest absolute Gasteiger partial charge is 0.120 e.